The maximum absolute atomic E-state index is 12.4. The predicted molar refractivity (Wildman–Crippen MR) is 110 cm³/mol. The number of nitrogens with zero attached hydrogens (tertiary/aromatic N) is 1. The molecule has 1 amide bonds. The second-order valence-electron chi connectivity index (χ2n) is 6.41. The Labute approximate surface area is 161 Å². The molecule has 2 aromatic carbocycles. The summed E-state index contributed by atoms with van der Waals surface area (Å²) >= 11 is 0. The van der Waals surface area contributed by atoms with Crippen molar-refractivity contribution in [1.29, 1.82) is 0 Å². The molecule has 0 saturated heterocycles. The molecule has 2 aromatic rings. The van der Waals surface area contributed by atoms with Crippen molar-refractivity contribution in [2.24, 2.45) is 0 Å². The van der Waals surface area contributed by atoms with Gasteiger partial charge in [0.15, 0.2) is 0 Å². The molecule has 0 heterocycles. The van der Waals surface area contributed by atoms with Crippen LogP contribution in [0.25, 0.3) is 0 Å². The minimum Gasteiger partial charge on any atom is -0.369 e. The average molecular weight is 390 g/mol. The maximum atomic E-state index is 12.4. The van der Waals surface area contributed by atoms with E-state index >= 15 is 0 Å². The summed E-state index contributed by atoms with van der Waals surface area (Å²) in [5.74, 6) is -0.286. The first-order valence-electron chi connectivity index (χ1n) is 9.06. The van der Waals surface area contributed by atoms with Gasteiger partial charge in [-0.1, -0.05) is 6.92 Å². The Morgan fingerprint density at radius 1 is 1.00 bits per heavy atom. The van der Waals surface area contributed by atoms with Crippen LogP contribution >= 0.6 is 0 Å². The van der Waals surface area contributed by atoms with Crippen molar-refractivity contribution in [3.63, 3.8) is 0 Å². The van der Waals surface area contributed by atoms with Crippen LogP contribution in [0.1, 0.15) is 38.1 Å². The van der Waals surface area contributed by atoms with Gasteiger partial charge in [-0.2, -0.15) is 0 Å². The van der Waals surface area contributed by atoms with Gasteiger partial charge in [0.05, 0.1) is 4.90 Å². The van der Waals surface area contributed by atoms with Crippen LogP contribution in [0, 0.1) is 0 Å². The largest absolute Gasteiger partial charge is 0.369 e. The minimum atomic E-state index is -3.52. The van der Waals surface area contributed by atoms with Crippen LogP contribution in [-0.2, 0) is 10.0 Å². The molecule has 0 saturated carbocycles. The van der Waals surface area contributed by atoms with E-state index < -0.39 is 10.0 Å². The number of carbonyl (C=O) groups is 1. The number of nitrogens with one attached hydrogen (secondary N) is 2. The predicted octanol–water partition coefficient (Wildman–Crippen LogP) is 3.47. The molecule has 146 valence electrons. The van der Waals surface area contributed by atoms with Crippen molar-refractivity contribution >= 4 is 27.3 Å². The lowest BCUT2D eigenvalue weighted by atomic mass is 10.2. The van der Waals surface area contributed by atoms with E-state index in [0.29, 0.717) is 23.8 Å². The zero-order chi connectivity index (χ0) is 20.0. The molecule has 2 rings (SSSR count). The van der Waals surface area contributed by atoms with Crippen molar-refractivity contribution in [2.75, 3.05) is 23.3 Å². The molecule has 0 aromatic heterocycles. The van der Waals surface area contributed by atoms with E-state index in [1.54, 1.807) is 6.92 Å². The minimum absolute atomic E-state index is 0.138. The highest BCUT2D eigenvalue weighted by atomic mass is 32.2. The summed E-state index contributed by atoms with van der Waals surface area (Å²) in [5, 5.41) is 2.83. The van der Waals surface area contributed by atoms with Crippen molar-refractivity contribution in [3.8, 4) is 0 Å². The number of anilines is 2. The molecule has 0 fully saturated rings. The zero-order valence-corrected chi connectivity index (χ0v) is 17.0. The lowest BCUT2D eigenvalue weighted by Crippen LogP contribution is -2.30. The van der Waals surface area contributed by atoms with Gasteiger partial charge >= 0.3 is 0 Å². The Morgan fingerprint density at radius 3 is 2.07 bits per heavy atom. The number of amides is 1. The summed E-state index contributed by atoms with van der Waals surface area (Å²) in [7, 11) is -3.52. The monoisotopic (exact) mass is 389 g/mol. The number of sulfonamides is 1. The van der Waals surface area contributed by atoms with E-state index in [-0.39, 0.29) is 10.8 Å². The first-order valence-corrected chi connectivity index (χ1v) is 10.5. The molecule has 0 radical (unpaired) electrons. The van der Waals surface area contributed by atoms with Crippen LogP contribution in [0.15, 0.2) is 53.4 Å². The molecular weight excluding hydrogens is 362 g/mol. The normalized spacial score (nSPS) is 11.4. The molecule has 6 nitrogen and oxygen atoms in total. The highest BCUT2D eigenvalue weighted by Crippen LogP contribution is 2.20. The molecule has 0 unspecified atom stereocenters. The van der Waals surface area contributed by atoms with Crippen molar-refractivity contribution in [3.05, 3.63) is 54.1 Å². The Balaban J connectivity index is 2.09. The van der Waals surface area contributed by atoms with E-state index in [1.165, 1.54) is 24.3 Å². The molecule has 0 aliphatic heterocycles. The SMILES string of the molecule is CCNS(=O)(=O)c1ccc(C(=O)Nc2ccc(N(CC)C(C)C)cc2)cc1. The molecule has 0 atom stereocenters. The van der Waals surface area contributed by atoms with E-state index in [9.17, 15) is 13.2 Å². The van der Waals surface area contributed by atoms with Crippen LogP contribution in [0.2, 0.25) is 0 Å². The van der Waals surface area contributed by atoms with E-state index in [2.05, 4.69) is 35.7 Å². The lowest BCUT2D eigenvalue weighted by Gasteiger charge is -2.27. The molecule has 2 N–H and O–H groups in total. The second kappa shape index (κ2) is 9.01. The van der Waals surface area contributed by atoms with E-state index in [1.807, 2.05) is 24.3 Å². The van der Waals surface area contributed by atoms with Gasteiger partial charge < -0.3 is 10.2 Å². The van der Waals surface area contributed by atoms with Crippen molar-refractivity contribution in [1.82, 2.24) is 4.72 Å². The third-order valence-corrected chi connectivity index (χ3v) is 5.74. The second-order valence-corrected chi connectivity index (χ2v) is 8.17. The fourth-order valence-corrected chi connectivity index (χ4v) is 3.89. The van der Waals surface area contributed by atoms with Crippen LogP contribution in [0.5, 0.6) is 0 Å². The Morgan fingerprint density at radius 2 is 1.59 bits per heavy atom. The van der Waals surface area contributed by atoms with Gasteiger partial charge in [-0.05, 0) is 69.3 Å². The molecule has 0 bridgehead atoms. The highest BCUT2D eigenvalue weighted by Gasteiger charge is 2.14. The summed E-state index contributed by atoms with van der Waals surface area (Å²) in [5.41, 5.74) is 2.18. The number of hydrogen-bond acceptors (Lipinski definition) is 4. The van der Waals surface area contributed by atoms with Gasteiger partial charge in [0, 0.05) is 36.1 Å². The van der Waals surface area contributed by atoms with Crippen LogP contribution in [0.3, 0.4) is 0 Å². The summed E-state index contributed by atoms with van der Waals surface area (Å²) in [6.07, 6.45) is 0. The molecule has 0 spiro atoms. The maximum Gasteiger partial charge on any atom is 0.255 e. The van der Waals surface area contributed by atoms with Gasteiger partial charge in [-0.3, -0.25) is 4.79 Å². The molecule has 0 aliphatic carbocycles. The molecule has 0 aliphatic rings. The standard InChI is InChI=1S/C20H27N3O3S/c1-5-21-27(25,26)19-13-7-16(8-14-19)20(24)22-17-9-11-18(12-10-17)23(6-2)15(3)4/h7-15,21H,5-6H2,1-4H3,(H,22,24). The van der Waals surface area contributed by atoms with Crippen LogP contribution in [-0.4, -0.2) is 33.5 Å². The number of hydrogen-bond donors (Lipinski definition) is 2. The average Bonchev–Trinajstić information content (AvgIpc) is 2.63. The van der Waals surface area contributed by atoms with Gasteiger partial charge in [0.2, 0.25) is 10.0 Å². The van der Waals surface area contributed by atoms with Gasteiger partial charge in [0.1, 0.15) is 0 Å². The van der Waals surface area contributed by atoms with Gasteiger partial charge in [0.25, 0.3) is 5.91 Å². The van der Waals surface area contributed by atoms with Crippen LogP contribution < -0.4 is 14.9 Å². The van der Waals surface area contributed by atoms with E-state index in [0.717, 1.165) is 12.2 Å². The Hall–Kier alpha value is -2.38. The van der Waals surface area contributed by atoms with E-state index in [4.69, 9.17) is 0 Å². The van der Waals surface area contributed by atoms with Crippen LogP contribution in [0.4, 0.5) is 11.4 Å². The Bertz CT molecular complexity index is 860. The smallest absolute Gasteiger partial charge is 0.255 e. The third-order valence-electron chi connectivity index (χ3n) is 4.18. The van der Waals surface area contributed by atoms with Gasteiger partial charge in [-0.25, -0.2) is 13.1 Å². The quantitative estimate of drug-likeness (QED) is 0.725. The topological polar surface area (TPSA) is 78.5 Å². The van der Waals surface area contributed by atoms with Crippen molar-refractivity contribution in [2.45, 2.75) is 38.6 Å². The van der Waals surface area contributed by atoms with Crippen molar-refractivity contribution < 1.29 is 13.2 Å². The zero-order valence-electron chi connectivity index (χ0n) is 16.2. The third kappa shape index (κ3) is 5.30. The lowest BCUT2D eigenvalue weighted by molar-refractivity contribution is 0.102. The number of benzene rings is 2. The molecule has 7 heteroatoms. The van der Waals surface area contributed by atoms with Gasteiger partial charge in [-0.15, -0.1) is 0 Å². The number of carbonyl (C=O) groups excluding carboxylic acids is 1. The summed E-state index contributed by atoms with van der Waals surface area (Å²) in [6, 6.07) is 13.9. The fourth-order valence-electron chi connectivity index (χ4n) is 2.84. The first-order chi connectivity index (χ1) is 12.8. The summed E-state index contributed by atoms with van der Waals surface area (Å²) < 4.78 is 26.3. The Kier molecular flexibility index (Phi) is 6.98. The molecule has 27 heavy (non-hydrogen) atoms. The summed E-state index contributed by atoms with van der Waals surface area (Å²) in [6.45, 7) is 9.32. The fraction of sp³-hybridized carbons (Fsp3) is 0.350. The number of rotatable bonds is 8. The first kappa shape index (κ1) is 20.9. The highest BCUT2D eigenvalue weighted by molar-refractivity contribution is 7.89. The molecular formula is C20H27N3O3S. The summed E-state index contributed by atoms with van der Waals surface area (Å²) in [4.78, 5) is 14.8.